The smallest absolute Gasteiger partial charge is 0.449 e. The Morgan fingerprint density at radius 3 is 2.55 bits per heavy atom. The van der Waals surface area contributed by atoms with Gasteiger partial charge in [-0.05, 0) is 41.3 Å². The van der Waals surface area contributed by atoms with Gasteiger partial charge in [-0.15, -0.1) is 0 Å². The monoisotopic (exact) mass is 441 g/mol. The number of nitrogens with zero attached hydrogens (tertiary/aromatic N) is 2. The molecule has 0 radical (unpaired) electrons. The fourth-order valence-corrected chi connectivity index (χ4v) is 3.24. The molecule has 7 nitrogen and oxygen atoms in total. The van der Waals surface area contributed by atoms with Crippen LogP contribution in [-0.2, 0) is 17.6 Å². The van der Waals surface area contributed by atoms with Gasteiger partial charge in [-0.2, -0.15) is 5.26 Å². The van der Waals surface area contributed by atoms with Crippen LogP contribution in [0, 0.1) is 11.3 Å². The van der Waals surface area contributed by atoms with Gasteiger partial charge in [0.05, 0.1) is 23.8 Å². The van der Waals surface area contributed by atoms with E-state index in [9.17, 15) is 20.1 Å². The minimum absolute atomic E-state index is 0.115. The van der Waals surface area contributed by atoms with E-state index in [0.29, 0.717) is 17.7 Å². The quantitative estimate of drug-likeness (QED) is 0.347. The van der Waals surface area contributed by atoms with Crippen LogP contribution >= 0.6 is 0 Å². The molecular weight excluding hydrogens is 417 g/mol. The van der Waals surface area contributed by atoms with Crippen molar-refractivity contribution in [1.29, 1.82) is 5.26 Å². The molecule has 0 aliphatic heterocycles. The number of hydrogen-bond acceptors (Lipinski definition) is 6. The number of benzene rings is 2. The lowest BCUT2D eigenvalue weighted by molar-refractivity contribution is 0.144. The highest BCUT2D eigenvalue weighted by Gasteiger charge is 2.26. The average molecular weight is 441 g/mol. The molecule has 0 saturated carbocycles. The first-order chi connectivity index (χ1) is 16.0. The molecule has 3 aromatic rings. The molecule has 0 aliphatic rings. The molecule has 0 aliphatic carbocycles. The lowest BCUT2D eigenvalue weighted by atomic mass is 9.76. The molecule has 0 saturated heterocycles. The number of ether oxygens (including phenoxy) is 1. The van der Waals surface area contributed by atoms with E-state index in [4.69, 9.17) is 4.74 Å². The van der Waals surface area contributed by atoms with Crippen molar-refractivity contribution in [2.24, 2.45) is 0 Å². The zero-order chi connectivity index (χ0) is 23.5. The third-order valence-electron chi connectivity index (χ3n) is 4.91. The average Bonchev–Trinajstić information content (AvgIpc) is 2.83. The zero-order valence-corrected chi connectivity index (χ0v) is 18.0. The second-order valence-electron chi connectivity index (χ2n) is 7.37. The number of hydrogen-bond donors (Lipinski definition) is 3. The van der Waals surface area contributed by atoms with Crippen LogP contribution in [0.2, 0.25) is 0 Å². The summed E-state index contributed by atoms with van der Waals surface area (Å²) in [5, 5.41) is 31.1. The first kappa shape index (κ1) is 23.7. The summed E-state index contributed by atoms with van der Waals surface area (Å²) in [4.78, 5) is 16.3. The maximum atomic E-state index is 12.1. The highest BCUT2D eigenvalue weighted by molar-refractivity contribution is 6.43. The van der Waals surface area contributed by atoms with Crippen molar-refractivity contribution in [2.45, 2.75) is 18.8 Å². The third-order valence-corrected chi connectivity index (χ3v) is 4.91. The molecule has 0 bridgehead atoms. The summed E-state index contributed by atoms with van der Waals surface area (Å²) in [5.41, 5.74) is 3.68. The number of nitriles is 1. The highest BCUT2D eigenvalue weighted by Crippen LogP contribution is 2.16. The Morgan fingerprint density at radius 1 is 1.09 bits per heavy atom. The number of carbonyl (C=O) groups excluding carboxylic acids is 1. The number of amides is 1. The van der Waals surface area contributed by atoms with E-state index >= 15 is 0 Å². The van der Waals surface area contributed by atoms with Gasteiger partial charge >= 0.3 is 13.2 Å². The van der Waals surface area contributed by atoms with E-state index < -0.39 is 19.2 Å². The van der Waals surface area contributed by atoms with Crippen molar-refractivity contribution in [3.63, 3.8) is 0 Å². The number of nitrogens with one attached hydrogen (secondary N) is 1. The molecule has 1 aromatic heterocycles. The number of allylic oxidation sites excluding steroid dienone is 1. The van der Waals surface area contributed by atoms with Crippen molar-refractivity contribution >= 4 is 24.9 Å². The van der Waals surface area contributed by atoms with Crippen LogP contribution in [0.5, 0.6) is 0 Å². The Bertz CT molecular complexity index is 1120. The largest absolute Gasteiger partial charge is 0.475 e. The third kappa shape index (κ3) is 7.61. The molecule has 1 unspecified atom stereocenters. The van der Waals surface area contributed by atoms with E-state index in [0.717, 1.165) is 16.7 Å². The lowest BCUT2D eigenvalue weighted by Gasteiger charge is -2.17. The first-order valence-electron chi connectivity index (χ1n) is 10.5. The summed E-state index contributed by atoms with van der Waals surface area (Å²) in [7, 11) is -1.71. The minimum Gasteiger partial charge on any atom is -0.449 e. The van der Waals surface area contributed by atoms with E-state index in [1.165, 1.54) is 0 Å². The SMILES string of the molecule is N#CC(=Cc1cccc(CCOC(=O)NC(Cc2ccccc2)B(O)O)c1)c1ccccn1. The number of alkyl carbamates (subject to hydrolysis) is 1. The predicted molar refractivity (Wildman–Crippen MR) is 126 cm³/mol. The van der Waals surface area contributed by atoms with Gasteiger partial charge in [-0.1, -0.05) is 60.7 Å². The summed E-state index contributed by atoms with van der Waals surface area (Å²) >= 11 is 0. The fourth-order valence-electron chi connectivity index (χ4n) is 3.24. The zero-order valence-electron chi connectivity index (χ0n) is 18.0. The second kappa shape index (κ2) is 12.2. The van der Waals surface area contributed by atoms with Crippen molar-refractivity contribution in [1.82, 2.24) is 10.3 Å². The Balaban J connectivity index is 1.54. The fraction of sp³-hybridized carbons (Fsp3) is 0.160. The standard InChI is InChI=1S/C25H24BN3O4/c27-18-22(23-11-4-5-13-28-23)16-21-10-6-9-20(15-21)12-14-33-25(30)29-24(26(31)32)17-19-7-2-1-3-8-19/h1-11,13,15-16,24,31-32H,12,14,17H2,(H,29,30). The minimum atomic E-state index is -1.71. The molecule has 1 atom stereocenters. The maximum Gasteiger partial charge on any atom is 0.475 e. The van der Waals surface area contributed by atoms with E-state index in [1.54, 1.807) is 24.4 Å². The molecule has 0 spiro atoms. The van der Waals surface area contributed by atoms with Gasteiger partial charge in [0.15, 0.2) is 0 Å². The molecule has 3 rings (SSSR count). The molecule has 1 amide bonds. The van der Waals surface area contributed by atoms with Crippen LogP contribution in [0.3, 0.4) is 0 Å². The normalized spacial score (nSPS) is 11.8. The van der Waals surface area contributed by atoms with Crippen LogP contribution in [0.15, 0.2) is 79.0 Å². The van der Waals surface area contributed by atoms with Crippen LogP contribution in [0.4, 0.5) is 4.79 Å². The van der Waals surface area contributed by atoms with Crippen molar-refractivity contribution < 1.29 is 19.6 Å². The first-order valence-corrected chi connectivity index (χ1v) is 10.5. The van der Waals surface area contributed by atoms with E-state index in [2.05, 4.69) is 16.4 Å². The summed E-state index contributed by atoms with van der Waals surface area (Å²) in [6, 6.07) is 24.4. The second-order valence-corrected chi connectivity index (χ2v) is 7.37. The van der Waals surface area contributed by atoms with Gasteiger partial charge < -0.3 is 20.1 Å². The molecule has 1 heterocycles. The summed E-state index contributed by atoms with van der Waals surface area (Å²) in [5.74, 6) is -0.885. The number of pyridine rings is 1. The number of carbonyl (C=O) groups is 1. The van der Waals surface area contributed by atoms with Gasteiger partial charge in [0.25, 0.3) is 0 Å². The lowest BCUT2D eigenvalue weighted by Crippen LogP contribution is -2.48. The molecule has 8 heteroatoms. The van der Waals surface area contributed by atoms with Crippen LogP contribution in [0.25, 0.3) is 11.6 Å². The summed E-state index contributed by atoms with van der Waals surface area (Å²) in [6.45, 7) is 0.115. The van der Waals surface area contributed by atoms with Crippen LogP contribution < -0.4 is 5.32 Å². The maximum absolute atomic E-state index is 12.1. The van der Waals surface area contributed by atoms with Gasteiger partial charge in [-0.3, -0.25) is 4.98 Å². The molecule has 0 fully saturated rings. The Hall–Kier alpha value is -3.93. The Morgan fingerprint density at radius 2 is 1.85 bits per heavy atom. The Kier molecular flexibility index (Phi) is 8.77. The molecule has 3 N–H and O–H groups in total. The molecule has 2 aromatic carbocycles. The van der Waals surface area contributed by atoms with Gasteiger partial charge in [0.2, 0.25) is 0 Å². The van der Waals surface area contributed by atoms with E-state index in [1.807, 2.05) is 60.7 Å². The van der Waals surface area contributed by atoms with Crippen molar-refractivity contribution in [2.75, 3.05) is 6.61 Å². The van der Waals surface area contributed by atoms with Gasteiger partial charge in [-0.25, -0.2) is 4.79 Å². The van der Waals surface area contributed by atoms with Crippen molar-refractivity contribution in [3.8, 4) is 6.07 Å². The topological polar surface area (TPSA) is 115 Å². The van der Waals surface area contributed by atoms with Gasteiger partial charge in [0, 0.05) is 12.6 Å². The van der Waals surface area contributed by atoms with Crippen molar-refractivity contribution in [3.05, 3.63) is 101 Å². The molecular formula is C25H24BN3O4. The van der Waals surface area contributed by atoms with E-state index in [-0.39, 0.29) is 13.0 Å². The summed E-state index contributed by atoms with van der Waals surface area (Å²) < 4.78 is 5.23. The van der Waals surface area contributed by atoms with Crippen LogP contribution in [-0.4, -0.2) is 40.8 Å². The summed E-state index contributed by atoms with van der Waals surface area (Å²) in [6.07, 6.45) is 3.41. The van der Waals surface area contributed by atoms with Crippen LogP contribution in [0.1, 0.15) is 22.4 Å². The van der Waals surface area contributed by atoms with Gasteiger partial charge in [0.1, 0.15) is 6.07 Å². The molecule has 33 heavy (non-hydrogen) atoms. The molecule has 166 valence electrons. The number of aromatic nitrogens is 1. The predicted octanol–water partition coefficient (Wildman–Crippen LogP) is 3.04. The Labute approximate surface area is 193 Å². The highest BCUT2D eigenvalue weighted by atomic mass is 16.5. The number of rotatable bonds is 9.